The number of nitrogens with one attached hydrogen (secondary N) is 1. The van der Waals surface area contributed by atoms with Gasteiger partial charge in [-0.1, -0.05) is 48.5 Å². The summed E-state index contributed by atoms with van der Waals surface area (Å²) in [5, 5.41) is 8.06. The highest BCUT2D eigenvalue weighted by atomic mass is 16.6. The topological polar surface area (TPSA) is 51.5 Å². The Hall–Kier alpha value is -2.33. The Kier molecular flexibility index (Phi) is 5.98. The first-order valence-electron chi connectivity index (χ1n) is 7.27. The Morgan fingerprint density at radius 2 is 1.59 bits per heavy atom. The van der Waals surface area contributed by atoms with Crippen LogP contribution in [0, 0.1) is 5.41 Å². The Balaban J connectivity index is 2.30. The molecule has 0 fully saturated rings. The van der Waals surface area contributed by atoms with E-state index in [1.165, 1.54) is 0 Å². The summed E-state index contributed by atoms with van der Waals surface area (Å²) in [6.45, 7) is 2.27. The van der Waals surface area contributed by atoms with Gasteiger partial charge in [0.1, 0.15) is 5.75 Å². The average molecular weight is 299 g/mol. The maximum absolute atomic E-state index is 8.06. The molecule has 0 aliphatic heterocycles. The molecular formula is C18H21NO3. The summed E-state index contributed by atoms with van der Waals surface area (Å²) >= 11 is 0. The smallest absolute Gasteiger partial charge is 0.214 e. The van der Waals surface area contributed by atoms with E-state index >= 15 is 0 Å². The molecule has 2 rings (SSSR count). The number of hydrogen-bond donors (Lipinski definition) is 1. The van der Waals surface area contributed by atoms with Crippen molar-refractivity contribution in [2.75, 3.05) is 13.7 Å². The third kappa shape index (κ3) is 4.09. The lowest BCUT2D eigenvalue weighted by Gasteiger charge is -2.27. The molecule has 1 N–H and O–H groups in total. The molecule has 2 atom stereocenters. The molecule has 2 aromatic carbocycles. The van der Waals surface area contributed by atoms with Crippen LogP contribution >= 0.6 is 0 Å². The largest absolute Gasteiger partial charge is 0.482 e. The zero-order valence-corrected chi connectivity index (χ0v) is 12.9. The molecule has 0 aliphatic rings. The quantitative estimate of drug-likeness (QED) is 0.624. The van der Waals surface area contributed by atoms with E-state index in [-0.39, 0.29) is 5.90 Å². The molecule has 0 amide bonds. The second kappa shape index (κ2) is 8.20. The molecule has 22 heavy (non-hydrogen) atoms. The third-order valence-corrected chi connectivity index (χ3v) is 3.22. The van der Waals surface area contributed by atoms with Crippen LogP contribution in [-0.4, -0.2) is 25.7 Å². The standard InChI is InChI=1S/C18H21NO3/c1-3-21-18(19)17(20-2)16(14-10-6-4-7-11-14)22-15-12-8-5-9-13-15/h4-13,16-17,19H,3H2,1-2H3. The van der Waals surface area contributed by atoms with Crippen LogP contribution in [0.15, 0.2) is 60.7 Å². The van der Waals surface area contributed by atoms with Crippen LogP contribution in [0.1, 0.15) is 18.6 Å². The van der Waals surface area contributed by atoms with Gasteiger partial charge in [0, 0.05) is 7.11 Å². The molecule has 116 valence electrons. The molecule has 2 unspecified atom stereocenters. The van der Waals surface area contributed by atoms with Crippen molar-refractivity contribution in [2.24, 2.45) is 0 Å². The minimum atomic E-state index is -0.609. The predicted octanol–water partition coefficient (Wildman–Crippen LogP) is 3.84. The van der Waals surface area contributed by atoms with Crippen molar-refractivity contribution in [3.8, 4) is 5.75 Å². The zero-order chi connectivity index (χ0) is 15.8. The van der Waals surface area contributed by atoms with Crippen LogP contribution in [0.2, 0.25) is 0 Å². The predicted molar refractivity (Wildman–Crippen MR) is 86.4 cm³/mol. The van der Waals surface area contributed by atoms with Gasteiger partial charge >= 0.3 is 0 Å². The first-order chi connectivity index (χ1) is 10.8. The fourth-order valence-corrected chi connectivity index (χ4v) is 2.20. The van der Waals surface area contributed by atoms with Gasteiger partial charge in [-0.25, -0.2) is 0 Å². The summed E-state index contributed by atoms with van der Waals surface area (Å²) in [7, 11) is 1.56. The van der Waals surface area contributed by atoms with Crippen molar-refractivity contribution in [2.45, 2.75) is 19.1 Å². The maximum atomic E-state index is 8.06. The molecule has 0 saturated carbocycles. The van der Waals surface area contributed by atoms with Crippen LogP contribution < -0.4 is 4.74 Å². The van der Waals surface area contributed by atoms with Gasteiger partial charge in [-0.2, -0.15) is 0 Å². The van der Waals surface area contributed by atoms with Gasteiger partial charge in [0.05, 0.1) is 6.61 Å². The number of para-hydroxylation sites is 1. The van der Waals surface area contributed by atoms with Crippen molar-refractivity contribution >= 4 is 5.90 Å². The van der Waals surface area contributed by atoms with Crippen molar-refractivity contribution < 1.29 is 14.2 Å². The van der Waals surface area contributed by atoms with Crippen LogP contribution in [0.3, 0.4) is 0 Å². The van der Waals surface area contributed by atoms with E-state index in [1.807, 2.05) is 67.6 Å². The van der Waals surface area contributed by atoms with Gasteiger partial charge in [-0.3, -0.25) is 5.41 Å². The second-order valence-corrected chi connectivity index (χ2v) is 4.72. The monoisotopic (exact) mass is 299 g/mol. The maximum Gasteiger partial charge on any atom is 0.214 e. The fourth-order valence-electron chi connectivity index (χ4n) is 2.20. The number of methoxy groups -OCH3 is 1. The van der Waals surface area contributed by atoms with Gasteiger partial charge in [-0.15, -0.1) is 0 Å². The van der Waals surface area contributed by atoms with Crippen LogP contribution in [0.5, 0.6) is 5.75 Å². The minimum Gasteiger partial charge on any atom is -0.482 e. The lowest BCUT2D eigenvalue weighted by Crippen LogP contribution is -2.34. The van der Waals surface area contributed by atoms with E-state index in [0.717, 1.165) is 11.3 Å². The summed E-state index contributed by atoms with van der Waals surface area (Å²) < 4.78 is 16.9. The van der Waals surface area contributed by atoms with E-state index < -0.39 is 12.2 Å². The van der Waals surface area contributed by atoms with E-state index in [4.69, 9.17) is 19.6 Å². The molecule has 0 aromatic heterocycles. The zero-order valence-electron chi connectivity index (χ0n) is 12.9. The van der Waals surface area contributed by atoms with Gasteiger partial charge in [-0.05, 0) is 24.6 Å². The molecule has 2 aromatic rings. The fraction of sp³-hybridized carbons (Fsp3) is 0.278. The molecule has 0 spiro atoms. The average Bonchev–Trinajstić information content (AvgIpc) is 2.56. The van der Waals surface area contributed by atoms with Gasteiger partial charge in [0.2, 0.25) is 5.90 Å². The molecule has 0 bridgehead atoms. The van der Waals surface area contributed by atoms with Gasteiger partial charge in [0.25, 0.3) is 0 Å². The van der Waals surface area contributed by atoms with E-state index in [2.05, 4.69) is 0 Å². The number of ether oxygens (including phenoxy) is 3. The number of benzene rings is 2. The first kappa shape index (κ1) is 16.0. The van der Waals surface area contributed by atoms with E-state index in [1.54, 1.807) is 7.11 Å². The highest BCUT2D eigenvalue weighted by Gasteiger charge is 2.30. The summed E-state index contributed by atoms with van der Waals surface area (Å²) in [6.07, 6.45) is -1.06. The number of hydrogen-bond acceptors (Lipinski definition) is 4. The molecule has 4 heteroatoms. The Morgan fingerprint density at radius 3 is 2.14 bits per heavy atom. The van der Waals surface area contributed by atoms with Crippen LogP contribution in [0.4, 0.5) is 0 Å². The van der Waals surface area contributed by atoms with E-state index in [9.17, 15) is 0 Å². The molecular weight excluding hydrogens is 278 g/mol. The van der Waals surface area contributed by atoms with Gasteiger partial charge < -0.3 is 14.2 Å². The second-order valence-electron chi connectivity index (χ2n) is 4.72. The normalized spacial score (nSPS) is 13.2. The first-order valence-corrected chi connectivity index (χ1v) is 7.27. The Labute approximate surface area is 131 Å². The molecule has 4 nitrogen and oxygen atoms in total. The Morgan fingerprint density at radius 1 is 1.00 bits per heavy atom. The van der Waals surface area contributed by atoms with E-state index in [0.29, 0.717) is 6.61 Å². The van der Waals surface area contributed by atoms with Crippen LogP contribution in [-0.2, 0) is 9.47 Å². The highest BCUT2D eigenvalue weighted by Crippen LogP contribution is 2.27. The summed E-state index contributed by atoms with van der Waals surface area (Å²) in [6, 6.07) is 19.2. The molecule has 0 saturated heterocycles. The summed E-state index contributed by atoms with van der Waals surface area (Å²) in [5.74, 6) is 0.789. The van der Waals surface area contributed by atoms with Crippen molar-refractivity contribution in [1.29, 1.82) is 5.41 Å². The lowest BCUT2D eigenvalue weighted by molar-refractivity contribution is 0.0271. The lowest BCUT2D eigenvalue weighted by atomic mass is 10.0. The molecule has 0 heterocycles. The SMILES string of the molecule is CCOC(=N)C(OC)C(Oc1ccccc1)c1ccccc1. The summed E-state index contributed by atoms with van der Waals surface area (Å²) in [5.41, 5.74) is 0.933. The Bertz CT molecular complexity index is 571. The number of rotatable bonds is 7. The van der Waals surface area contributed by atoms with Crippen molar-refractivity contribution in [3.63, 3.8) is 0 Å². The molecule has 0 radical (unpaired) electrons. The van der Waals surface area contributed by atoms with Crippen LogP contribution in [0.25, 0.3) is 0 Å². The summed E-state index contributed by atoms with van der Waals surface area (Å²) in [4.78, 5) is 0. The highest BCUT2D eigenvalue weighted by molar-refractivity contribution is 5.78. The van der Waals surface area contributed by atoms with Crippen molar-refractivity contribution in [3.05, 3.63) is 66.2 Å². The third-order valence-electron chi connectivity index (χ3n) is 3.22. The minimum absolute atomic E-state index is 0.0646. The molecule has 0 aliphatic carbocycles. The van der Waals surface area contributed by atoms with Gasteiger partial charge in [0.15, 0.2) is 12.2 Å². The van der Waals surface area contributed by atoms with Crippen molar-refractivity contribution in [1.82, 2.24) is 0 Å².